The van der Waals surface area contributed by atoms with Gasteiger partial charge in [0.2, 0.25) is 0 Å². The number of halogens is 1. The van der Waals surface area contributed by atoms with Crippen molar-refractivity contribution in [2.75, 3.05) is 5.32 Å². The van der Waals surface area contributed by atoms with Gasteiger partial charge in [0.25, 0.3) is 0 Å². The fraction of sp³-hybridized carbons (Fsp3) is 0.235. The van der Waals surface area contributed by atoms with Crippen LogP contribution in [0.3, 0.4) is 0 Å². The predicted molar refractivity (Wildman–Crippen MR) is 88.0 cm³/mol. The van der Waals surface area contributed by atoms with Crippen molar-refractivity contribution in [3.05, 3.63) is 63.7 Å². The van der Waals surface area contributed by atoms with E-state index in [1.165, 1.54) is 11.1 Å². The number of benzene rings is 2. The van der Waals surface area contributed by atoms with Gasteiger partial charge in [0.1, 0.15) is 0 Å². The second-order valence-electron chi connectivity index (χ2n) is 5.22. The Hall–Kier alpha value is -2.00. The first-order valence-electron chi connectivity index (χ1n) is 6.83. The normalized spacial score (nSPS) is 10.3. The summed E-state index contributed by atoms with van der Waals surface area (Å²) in [7, 11) is 0. The van der Waals surface area contributed by atoms with E-state index in [2.05, 4.69) is 23.6 Å². The van der Waals surface area contributed by atoms with E-state index in [4.69, 9.17) is 11.6 Å². The lowest BCUT2D eigenvalue weighted by atomic mass is 10.1. The lowest BCUT2D eigenvalue weighted by Crippen LogP contribution is -2.28. The second kappa shape index (κ2) is 6.64. The zero-order valence-electron chi connectivity index (χ0n) is 12.5. The third kappa shape index (κ3) is 4.23. The van der Waals surface area contributed by atoms with Crippen LogP contribution >= 0.6 is 11.6 Å². The summed E-state index contributed by atoms with van der Waals surface area (Å²) in [5.74, 6) is 0. The molecule has 0 aliphatic heterocycles. The summed E-state index contributed by atoms with van der Waals surface area (Å²) in [6.07, 6.45) is 0. The highest BCUT2D eigenvalue weighted by atomic mass is 35.5. The number of hydrogen-bond donors (Lipinski definition) is 2. The number of carbonyl (C=O) groups excluding carboxylic acids is 1. The SMILES string of the molecule is Cc1ccc(CNC(=O)Nc2ccc(C)cc2Cl)c(C)c1. The molecule has 4 heteroatoms. The van der Waals surface area contributed by atoms with Gasteiger partial charge in [0.05, 0.1) is 10.7 Å². The lowest BCUT2D eigenvalue weighted by molar-refractivity contribution is 0.251. The molecule has 0 saturated heterocycles. The number of aryl methyl sites for hydroxylation is 3. The molecule has 110 valence electrons. The minimum atomic E-state index is -0.263. The van der Waals surface area contributed by atoms with Crippen molar-refractivity contribution in [1.82, 2.24) is 5.32 Å². The topological polar surface area (TPSA) is 41.1 Å². The maximum atomic E-state index is 11.9. The molecule has 2 aromatic carbocycles. The van der Waals surface area contributed by atoms with Crippen LogP contribution in [0.5, 0.6) is 0 Å². The van der Waals surface area contributed by atoms with Crippen LogP contribution in [0.15, 0.2) is 36.4 Å². The summed E-state index contributed by atoms with van der Waals surface area (Å²) < 4.78 is 0. The summed E-state index contributed by atoms with van der Waals surface area (Å²) in [6.45, 7) is 6.53. The van der Waals surface area contributed by atoms with Crippen LogP contribution in [0.2, 0.25) is 5.02 Å². The smallest absolute Gasteiger partial charge is 0.319 e. The van der Waals surface area contributed by atoms with Crippen molar-refractivity contribution in [2.24, 2.45) is 0 Å². The molecule has 0 atom stereocenters. The Morgan fingerprint density at radius 3 is 2.38 bits per heavy atom. The van der Waals surface area contributed by atoms with E-state index in [-0.39, 0.29) is 6.03 Å². The maximum Gasteiger partial charge on any atom is 0.319 e. The maximum absolute atomic E-state index is 11.9. The number of carbonyl (C=O) groups is 1. The van der Waals surface area contributed by atoms with Gasteiger partial charge in [-0.3, -0.25) is 0 Å². The van der Waals surface area contributed by atoms with E-state index in [1.54, 1.807) is 6.07 Å². The Morgan fingerprint density at radius 1 is 1.05 bits per heavy atom. The molecule has 2 rings (SSSR count). The highest BCUT2D eigenvalue weighted by Crippen LogP contribution is 2.22. The summed E-state index contributed by atoms with van der Waals surface area (Å²) in [4.78, 5) is 11.9. The van der Waals surface area contributed by atoms with Crippen molar-refractivity contribution in [2.45, 2.75) is 27.3 Å². The largest absolute Gasteiger partial charge is 0.334 e. The molecule has 0 bridgehead atoms. The van der Waals surface area contributed by atoms with Crippen LogP contribution in [0.4, 0.5) is 10.5 Å². The molecule has 0 saturated carbocycles. The highest BCUT2D eigenvalue weighted by molar-refractivity contribution is 6.33. The van der Waals surface area contributed by atoms with Crippen molar-refractivity contribution in [3.63, 3.8) is 0 Å². The molecule has 0 spiro atoms. The number of rotatable bonds is 3. The Balaban J connectivity index is 1.96. The fourth-order valence-electron chi connectivity index (χ4n) is 2.11. The van der Waals surface area contributed by atoms with Crippen molar-refractivity contribution in [3.8, 4) is 0 Å². The van der Waals surface area contributed by atoms with Crippen LogP contribution < -0.4 is 10.6 Å². The molecule has 21 heavy (non-hydrogen) atoms. The molecule has 0 aliphatic rings. The van der Waals surface area contributed by atoms with Gasteiger partial charge in [0, 0.05) is 6.54 Å². The van der Waals surface area contributed by atoms with E-state index >= 15 is 0 Å². The molecule has 0 radical (unpaired) electrons. The third-order valence-corrected chi connectivity index (χ3v) is 3.62. The van der Waals surface area contributed by atoms with Gasteiger partial charge < -0.3 is 10.6 Å². The molecule has 2 N–H and O–H groups in total. The van der Waals surface area contributed by atoms with E-state index in [0.717, 1.165) is 11.1 Å². The molecule has 0 unspecified atom stereocenters. The van der Waals surface area contributed by atoms with Gasteiger partial charge in [-0.2, -0.15) is 0 Å². The van der Waals surface area contributed by atoms with Gasteiger partial charge in [0.15, 0.2) is 0 Å². The van der Waals surface area contributed by atoms with Crippen LogP contribution in [0.1, 0.15) is 22.3 Å². The Kier molecular flexibility index (Phi) is 4.86. The van der Waals surface area contributed by atoms with Gasteiger partial charge in [-0.05, 0) is 49.6 Å². The number of nitrogens with one attached hydrogen (secondary N) is 2. The van der Waals surface area contributed by atoms with E-state index < -0.39 is 0 Å². The second-order valence-corrected chi connectivity index (χ2v) is 5.63. The fourth-order valence-corrected chi connectivity index (χ4v) is 2.39. The molecule has 3 nitrogen and oxygen atoms in total. The zero-order chi connectivity index (χ0) is 15.4. The number of amides is 2. The Bertz CT molecular complexity index is 668. The number of urea groups is 1. The first kappa shape index (κ1) is 15.4. The summed E-state index contributed by atoms with van der Waals surface area (Å²) in [6, 6.07) is 11.4. The van der Waals surface area contributed by atoms with E-state index in [9.17, 15) is 4.79 Å². The molecule has 0 fully saturated rings. The monoisotopic (exact) mass is 302 g/mol. The summed E-state index contributed by atoms with van der Waals surface area (Å²) in [5, 5.41) is 6.14. The van der Waals surface area contributed by atoms with E-state index in [0.29, 0.717) is 17.3 Å². The highest BCUT2D eigenvalue weighted by Gasteiger charge is 2.06. The molecule has 2 aromatic rings. The standard InChI is InChI=1S/C17H19ClN2O/c1-11-4-6-14(13(3)8-11)10-19-17(21)20-16-7-5-12(2)9-15(16)18/h4-9H,10H2,1-3H3,(H2,19,20,21). The van der Waals surface area contributed by atoms with Crippen LogP contribution in [0, 0.1) is 20.8 Å². The molecular weight excluding hydrogens is 284 g/mol. The van der Waals surface area contributed by atoms with Gasteiger partial charge in [-0.15, -0.1) is 0 Å². The first-order chi connectivity index (χ1) is 9.95. The minimum absolute atomic E-state index is 0.263. The minimum Gasteiger partial charge on any atom is -0.334 e. The molecule has 0 aromatic heterocycles. The first-order valence-corrected chi connectivity index (χ1v) is 7.20. The molecule has 0 heterocycles. The number of hydrogen-bond acceptors (Lipinski definition) is 1. The molecule has 2 amide bonds. The number of anilines is 1. The van der Waals surface area contributed by atoms with Crippen molar-refractivity contribution < 1.29 is 4.79 Å². The van der Waals surface area contributed by atoms with Gasteiger partial charge in [-0.25, -0.2) is 4.79 Å². The zero-order valence-corrected chi connectivity index (χ0v) is 13.2. The third-order valence-electron chi connectivity index (χ3n) is 3.31. The van der Waals surface area contributed by atoms with Crippen LogP contribution in [-0.2, 0) is 6.54 Å². The summed E-state index contributed by atoms with van der Waals surface area (Å²) in [5.41, 5.74) is 5.16. The molecular formula is C17H19ClN2O. The van der Waals surface area contributed by atoms with Gasteiger partial charge in [-0.1, -0.05) is 41.4 Å². The molecule has 0 aliphatic carbocycles. The van der Waals surface area contributed by atoms with Gasteiger partial charge >= 0.3 is 6.03 Å². The van der Waals surface area contributed by atoms with Crippen LogP contribution in [0.25, 0.3) is 0 Å². The Morgan fingerprint density at radius 2 is 1.71 bits per heavy atom. The van der Waals surface area contributed by atoms with Crippen LogP contribution in [-0.4, -0.2) is 6.03 Å². The van der Waals surface area contributed by atoms with E-state index in [1.807, 2.05) is 38.1 Å². The average Bonchev–Trinajstić information content (AvgIpc) is 2.41. The Labute approximate surface area is 130 Å². The lowest BCUT2D eigenvalue weighted by Gasteiger charge is -2.11. The predicted octanol–water partition coefficient (Wildman–Crippen LogP) is 4.59. The average molecular weight is 303 g/mol. The van der Waals surface area contributed by atoms with Crippen molar-refractivity contribution in [1.29, 1.82) is 0 Å². The summed E-state index contributed by atoms with van der Waals surface area (Å²) >= 11 is 6.09. The van der Waals surface area contributed by atoms with Crippen molar-refractivity contribution >= 4 is 23.3 Å². The quantitative estimate of drug-likeness (QED) is 0.855.